The Morgan fingerprint density at radius 3 is 2.56 bits per heavy atom. The van der Waals surface area contributed by atoms with Crippen LogP contribution in [-0.2, 0) is 9.59 Å². The van der Waals surface area contributed by atoms with Crippen LogP contribution in [0, 0.1) is 16.4 Å². The summed E-state index contributed by atoms with van der Waals surface area (Å²) >= 11 is 2.19. The summed E-state index contributed by atoms with van der Waals surface area (Å²) in [7, 11) is 0. The van der Waals surface area contributed by atoms with Crippen molar-refractivity contribution in [1.29, 1.82) is 0 Å². The number of amides is 2. The molecule has 1 aliphatic carbocycles. The van der Waals surface area contributed by atoms with E-state index < -0.39 is 0 Å². The molecule has 0 aromatic heterocycles. The average Bonchev–Trinajstić information content (AvgIpc) is 3.42. The lowest BCUT2D eigenvalue weighted by atomic mass is 10.1. The van der Waals surface area contributed by atoms with Gasteiger partial charge < -0.3 is 16.0 Å². The van der Waals surface area contributed by atoms with E-state index >= 15 is 0 Å². The molecule has 5 nitrogen and oxygen atoms in total. The molecule has 0 aliphatic heterocycles. The second-order valence-electron chi connectivity index (χ2n) is 6.17. The van der Waals surface area contributed by atoms with Gasteiger partial charge in [0.25, 0.3) is 0 Å². The molecule has 2 aromatic rings. The largest absolute Gasteiger partial charge is 0.376 e. The van der Waals surface area contributed by atoms with Gasteiger partial charge in [-0.1, -0.05) is 18.2 Å². The van der Waals surface area contributed by atoms with Crippen LogP contribution in [0.15, 0.2) is 42.5 Å². The van der Waals surface area contributed by atoms with E-state index in [2.05, 4.69) is 38.5 Å². The van der Waals surface area contributed by atoms with Gasteiger partial charge in [0.1, 0.15) is 0 Å². The molecule has 2 amide bonds. The van der Waals surface area contributed by atoms with E-state index in [1.165, 1.54) is 0 Å². The van der Waals surface area contributed by atoms with Crippen LogP contribution in [0.4, 0.5) is 17.1 Å². The van der Waals surface area contributed by atoms with Gasteiger partial charge in [-0.05, 0) is 72.2 Å². The van der Waals surface area contributed by atoms with Crippen molar-refractivity contribution in [3.05, 3.63) is 51.6 Å². The number of anilines is 3. The van der Waals surface area contributed by atoms with Gasteiger partial charge in [0.2, 0.25) is 11.8 Å². The summed E-state index contributed by atoms with van der Waals surface area (Å²) in [5.41, 5.74) is 3.41. The zero-order valence-corrected chi connectivity index (χ0v) is 16.1. The summed E-state index contributed by atoms with van der Waals surface area (Å²) in [6.07, 6.45) is 1.95. The molecule has 3 rings (SSSR count). The van der Waals surface area contributed by atoms with E-state index in [1.807, 2.05) is 49.4 Å². The van der Waals surface area contributed by atoms with Gasteiger partial charge in [0.15, 0.2) is 0 Å². The topological polar surface area (TPSA) is 70.2 Å². The fourth-order valence-corrected chi connectivity index (χ4v) is 2.93. The van der Waals surface area contributed by atoms with Crippen molar-refractivity contribution in [3.63, 3.8) is 0 Å². The van der Waals surface area contributed by atoms with Crippen LogP contribution in [0.5, 0.6) is 0 Å². The molecule has 1 aliphatic rings. The molecular formula is C19H20IN3O2. The molecule has 1 fully saturated rings. The second kappa shape index (κ2) is 7.86. The maximum absolute atomic E-state index is 12.2. The summed E-state index contributed by atoms with van der Waals surface area (Å²) in [5.74, 6) is 0.124. The molecule has 0 spiro atoms. The molecule has 3 N–H and O–H groups in total. The molecule has 0 heterocycles. The van der Waals surface area contributed by atoms with Gasteiger partial charge >= 0.3 is 0 Å². The Balaban J connectivity index is 1.59. The van der Waals surface area contributed by atoms with Gasteiger partial charge in [0, 0.05) is 20.9 Å². The molecule has 130 valence electrons. The van der Waals surface area contributed by atoms with Gasteiger partial charge in [-0.3, -0.25) is 9.59 Å². The quantitative estimate of drug-likeness (QED) is 0.584. The monoisotopic (exact) mass is 449 g/mol. The Labute approximate surface area is 160 Å². The predicted molar refractivity (Wildman–Crippen MR) is 109 cm³/mol. The van der Waals surface area contributed by atoms with Gasteiger partial charge in [0.05, 0.1) is 12.2 Å². The minimum absolute atomic E-state index is 0.0752. The number of carbonyl (C=O) groups excluding carboxylic acids is 2. The number of hydrogen-bond acceptors (Lipinski definition) is 3. The Morgan fingerprint density at radius 1 is 1.08 bits per heavy atom. The van der Waals surface area contributed by atoms with Gasteiger partial charge in [-0.15, -0.1) is 0 Å². The van der Waals surface area contributed by atoms with Gasteiger partial charge in [-0.25, -0.2) is 0 Å². The fraction of sp³-hybridized carbons (Fsp3) is 0.263. The molecule has 1 saturated carbocycles. The average molecular weight is 449 g/mol. The number of para-hydroxylation sites is 1. The fourth-order valence-electron chi connectivity index (χ4n) is 2.41. The molecule has 25 heavy (non-hydrogen) atoms. The maximum atomic E-state index is 12.2. The maximum Gasteiger partial charge on any atom is 0.243 e. The van der Waals surface area contributed by atoms with E-state index in [1.54, 1.807) is 0 Å². The van der Waals surface area contributed by atoms with E-state index in [9.17, 15) is 9.59 Å². The third-order valence-corrected chi connectivity index (χ3v) is 4.98. The standard InChI is InChI=1S/C19H20IN3O2/c1-12-6-9-14(22-19(25)13-7-8-13)10-17(12)21-11-18(24)23-16-5-3-2-4-15(16)20/h2-6,9-10,13,21H,7-8,11H2,1H3,(H,22,25)(H,23,24). The van der Waals surface area contributed by atoms with E-state index in [-0.39, 0.29) is 24.3 Å². The number of carbonyl (C=O) groups is 2. The van der Waals surface area contributed by atoms with Crippen LogP contribution in [0.3, 0.4) is 0 Å². The molecule has 6 heteroatoms. The van der Waals surface area contributed by atoms with Gasteiger partial charge in [-0.2, -0.15) is 0 Å². The highest BCUT2D eigenvalue weighted by Crippen LogP contribution is 2.30. The Hall–Kier alpha value is -2.09. The van der Waals surface area contributed by atoms with Crippen LogP contribution in [0.2, 0.25) is 0 Å². The van der Waals surface area contributed by atoms with Crippen molar-refractivity contribution in [1.82, 2.24) is 0 Å². The SMILES string of the molecule is Cc1ccc(NC(=O)C2CC2)cc1NCC(=O)Nc1ccccc1I. The zero-order chi connectivity index (χ0) is 17.8. The molecule has 0 bridgehead atoms. The zero-order valence-electron chi connectivity index (χ0n) is 13.9. The van der Waals surface area contributed by atoms with Crippen LogP contribution < -0.4 is 16.0 Å². The van der Waals surface area contributed by atoms with Crippen molar-refractivity contribution in [2.45, 2.75) is 19.8 Å². The third kappa shape index (κ3) is 4.94. The number of benzene rings is 2. The van der Waals surface area contributed by atoms with Crippen molar-refractivity contribution in [3.8, 4) is 0 Å². The lowest BCUT2D eigenvalue weighted by molar-refractivity contribution is -0.117. The Bertz CT molecular complexity index is 803. The number of hydrogen-bond donors (Lipinski definition) is 3. The summed E-state index contributed by atoms with van der Waals surface area (Å²) in [4.78, 5) is 24.0. The highest BCUT2D eigenvalue weighted by molar-refractivity contribution is 14.1. The van der Waals surface area contributed by atoms with Crippen LogP contribution in [-0.4, -0.2) is 18.4 Å². The number of halogens is 1. The molecule has 0 radical (unpaired) electrons. The van der Waals surface area contributed by atoms with E-state index in [0.29, 0.717) is 0 Å². The minimum atomic E-state index is -0.115. The van der Waals surface area contributed by atoms with Crippen molar-refractivity contribution in [2.24, 2.45) is 5.92 Å². The van der Waals surface area contributed by atoms with Crippen molar-refractivity contribution in [2.75, 3.05) is 22.5 Å². The molecular weight excluding hydrogens is 429 g/mol. The van der Waals surface area contributed by atoms with Crippen molar-refractivity contribution >= 4 is 51.5 Å². The Kier molecular flexibility index (Phi) is 5.57. The smallest absolute Gasteiger partial charge is 0.243 e. The molecule has 0 unspecified atom stereocenters. The first-order valence-corrected chi connectivity index (χ1v) is 9.30. The van der Waals surface area contributed by atoms with Crippen molar-refractivity contribution < 1.29 is 9.59 Å². The Morgan fingerprint density at radius 2 is 1.84 bits per heavy atom. The lowest BCUT2D eigenvalue weighted by Gasteiger charge is -2.13. The highest BCUT2D eigenvalue weighted by Gasteiger charge is 2.29. The molecule has 0 atom stereocenters. The molecule has 2 aromatic carbocycles. The first kappa shape index (κ1) is 17.7. The van der Waals surface area contributed by atoms with Crippen LogP contribution >= 0.6 is 22.6 Å². The first-order chi connectivity index (χ1) is 12.0. The normalized spacial score (nSPS) is 13.2. The van der Waals surface area contributed by atoms with Crippen LogP contribution in [0.25, 0.3) is 0 Å². The summed E-state index contributed by atoms with van der Waals surface area (Å²) in [5, 5.41) is 8.96. The summed E-state index contributed by atoms with van der Waals surface area (Å²) in [6.45, 7) is 2.12. The number of rotatable bonds is 6. The minimum Gasteiger partial charge on any atom is -0.376 e. The highest BCUT2D eigenvalue weighted by atomic mass is 127. The number of nitrogens with one attached hydrogen (secondary N) is 3. The summed E-state index contributed by atoms with van der Waals surface area (Å²) in [6, 6.07) is 13.3. The lowest BCUT2D eigenvalue weighted by Crippen LogP contribution is -2.22. The number of aryl methyl sites for hydroxylation is 1. The van der Waals surface area contributed by atoms with E-state index in [4.69, 9.17) is 0 Å². The van der Waals surface area contributed by atoms with E-state index in [0.717, 1.165) is 39.0 Å². The predicted octanol–water partition coefficient (Wildman–Crippen LogP) is 4.00. The first-order valence-electron chi connectivity index (χ1n) is 8.22. The third-order valence-electron chi connectivity index (χ3n) is 4.04. The van der Waals surface area contributed by atoms with Crippen LogP contribution in [0.1, 0.15) is 18.4 Å². The second-order valence-corrected chi connectivity index (χ2v) is 7.34. The summed E-state index contributed by atoms with van der Waals surface area (Å²) < 4.78 is 0.995. The molecule has 0 saturated heterocycles.